The maximum Gasteiger partial charge on any atom is 0.256 e. The second kappa shape index (κ2) is 5.26. The van der Waals surface area contributed by atoms with Crippen LogP contribution >= 0.6 is 0 Å². The highest BCUT2D eigenvalue weighted by molar-refractivity contribution is 6.06. The Morgan fingerprint density at radius 1 is 1.45 bits per heavy atom. The summed E-state index contributed by atoms with van der Waals surface area (Å²) >= 11 is 0. The van der Waals surface area contributed by atoms with E-state index in [0.717, 1.165) is 10.9 Å². The summed E-state index contributed by atoms with van der Waals surface area (Å²) in [6, 6.07) is 7.47. The van der Waals surface area contributed by atoms with Gasteiger partial charge in [-0.3, -0.25) is 4.79 Å². The Kier molecular flexibility index (Phi) is 3.46. The number of hydrogen-bond donors (Lipinski definition) is 1. The van der Waals surface area contributed by atoms with Crippen LogP contribution in [-0.2, 0) is 11.8 Å². The minimum Gasteiger partial charge on any atom is -0.394 e. The molecule has 5 nitrogen and oxygen atoms in total. The summed E-state index contributed by atoms with van der Waals surface area (Å²) in [5.41, 5.74) is 1.61. The molecule has 1 aromatic carbocycles. The number of aliphatic hydroxyl groups is 1. The zero-order valence-electron chi connectivity index (χ0n) is 11.5. The number of hydrogen-bond acceptors (Lipinski definition) is 3. The molecule has 106 valence electrons. The number of aryl methyl sites for hydroxylation is 1. The van der Waals surface area contributed by atoms with Crippen LogP contribution in [0.4, 0.5) is 0 Å². The second-order valence-electron chi connectivity index (χ2n) is 5.08. The molecule has 0 aliphatic carbocycles. The molecule has 1 saturated heterocycles. The van der Waals surface area contributed by atoms with Gasteiger partial charge in [0.05, 0.1) is 36.9 Å². The van der Waals surface area contributed by atoms with Crippen molar-refractivity contribution in [3.05, 3.63) is 36.0 Å². The van der Waals surface area contributed by atoms with Gasteiger partial charge in [0.25, 0.3) is 5.91 Å². The zero-order valence-corrected chi connectivity index (χ0v) is 11.5. The molecule has 0 saturated carbocycles. The molecule has 2 aromatic rings. The Bertz CT molecular complexity index is 635. The van der Waals surface area contributed by atoms with E-state index in [0.29, 0.717) is 25.3 Å². The van der Waals surface area contributed by atoms with E-state index in [9.17, 15) is 9.90 Å². The fourth-order valence-electron chi connectivity index (χ4n) is 2.76. The Labute approximate surface area is 117 Å². The molecule has 2 heterocycles. The highest BCUT2D eigenvalue weighted by atomic mass is 16.5. The highest BCUT2D eigenvalue weighted by Gasteiger charge is 2.28. The van der Waals surface area contributed by atoms with Gasteiger partial charge in [0.1, 0.15) is 0 Å². The molecule has 1 amide bonds. The van der Waals surface area contributed by atoms with Crippen molar-refractivity contribution in [1.29, 1.82) is 0 Å². The van der Waals surface area contributed by atoms with E-state index in [4.69, 9.17) is 4.74 Å². The number of fused-ring (bicyclic) bond motifs is 1. The molecule has 0 spiro atoms. The fourth-order valence-corrected chi connectivity index (χ4v) is 2.76. The van der Waals surface area contributed by atoms with E-state index >= 15 is 0 Å². The maximum absolute atomic E-state index is 12.8. The van der Waals surface area contributed by atoms with Crippen molar-refractivity contribution in [2.75, 3.05) is 26.4 Å². The Morgan fingerprint density at radius 3 is 3.10 bits per heavy atom. The number of nitrogens with zero attached hydrogens (tertiary/aromatic N) is 2. The lowest BCUT2D eigenvalue weighted by Gasteiger charge is -2.34. The number of carbonyl (C=O) groups is 1. The quantitative estimate of drug-likeness (QED) is 0.889. The lowest BCUT2D eigenvalue weighted by atomic mass is 10.1. The third-order valence-corrected chi connectivity index (χ3v) is 3.83. The minimum absolute atomic E-state index is 0.0419. The van der Waals surface area contributed by atoms with E-state index < -0.39 is 0 Å². The van der Waals surface area contributed by atoms with Crippen molar-refractivity contribution >= 4 is 16.8 Å². The van der Waals surface area contributed by atoms with Gasteiger partial charge in [0.15, 0.2) is 0 Å². The molecular formula is C15H18N2O3. The lowest BCUT2D eigenvalue weighted by Crippen LogP contribution is -2.50. The molecular weight excluding hydrogens is 256 g/mol. The molecule has 1 aliphatic heterocycles. The molecule has 0 radical (unpaired) electrons. The molecule has 1 aliphatic rings. The number of rotatable bonds is 2. The highest BCUT2D eigenvalue weighted by Crippen LogP contribution is 2.22. The van der Waals surface area contributed by atoms with Crippen molar-refractivity contribution in [3.8, 4) is 0 Å². The van der Waals surface area contributed by atoms with Gasteiger partial charge in [-0.2, -0.15) is 0 Å². The van der Waals surface area contributed by atoms with Crippen LogP contribution in [0.2, 0.25) is 0 Å². The molecule has 3 rings (SSSR count). The summed E-state index contributed by atoms with van der Waals surface area (Å²) in [6.45, 7) is 1.36. The van der Waals surface area contributed by atoms with Crippen LogP contribution in [0.5, 0.6) is 0 Å². The number of amides is 1. The monoisotopic (exact) mass is 274 g/mol. The first-order chi connectivity index (χ1) is 9.72. The summed E-state index contributed by atoms with van der Waals surface area (Å²) < 4.78 is 7.28. The Morgan fingerprint density at radius 2 is 2.30 bits per heavy atom. The minimum atomic E-state index is -0.258. The summed E-state index contributed by atoms with van der Waals surface area (Å²) in [7, 11) is 1.93. The number of aliphatic hydroxyl groups excluding tert-OH is 1. The van der Waals surface area contributed by atoms with Crippen molar-refractivity contribution in [3.63, 3.8) is 0 Å². The van der Waals surface area contributed by atoms with Gasteiger partial charge in [-0.25, -0.2) is 0 Å². The van der Waals surface area contributed by atoms with E-state index in [1.54, 1.807) is 4.90 Å². The van der Waals surface area contributed by atoms with Crippen molar-refractivity contribution in [2.45, 2.75) is 6.04 Å². The van der Waals surface area contributed by atoms with Gasteiger partial charge < -0.3 is 19.3 Å². The standard InChI is InChI=1S/C15H18N2O3/c1-16-6-5-11-3-2-4-13(14(11)16)15(19)17-7-8-20-10-12(17)9-18/h2-6,12,18H,7-10H2,1H3. The number of benzene rings is 1. The summed E-state index contributed by atoms with van der Waals surface area (Å²) in [5, 5.41) is 10.5. The number of ether oxygens (including phenoxy) is 1. The molecule has 1 unspecified atom stereocenters. The van der Waals surface area contributed by atoms with Gasteiger partial charge in [-0.1, -0.05) is 12.1 Å². The molecule has 20 heavy (non-hydrogen) atoms. The van der Waals surface area contributed by atoms with Crippen molar-refractivity contribution in [1.82, 2.24) is 9.47 Å². The van der Waals surface area contributed by atoms with Gasteiger partial charge in [0, 0.05) is 25.2 Å². The zero-order chi connectivity index (χ0) is 14.1. The van der Waals surface area contributed by atoms with Crippen LogP contribution in [0.1, 0.15) is 10.4 Å². The van der Waals surface area contributed by atoms with Crippen LogP contribution in [-0.4, -0.2) is 52.9 Å². The van der Waals surface area contributed by atoms with Crippen molar-refractivity contribution in [2.24, 2.45) is 7.05 Å². The van der Waals surface area contributed by atoms with Crippen LogP contribution in [0, 0.1) is 0 Å². The molecule has 1 fully saturated rings. The van der Waals surface area contributed by atoms with E-state index in [2.05, 4.69) is 0 Å². The summed E-state index contributed by atoms with van der Waals surface area (Å²) in [5.74, 6) is -0.0419. The van der Waals surface area contributed by atoms with Crippen LogP contribution in [0.15, 0.2) is 30.5 Å². The number of morpholine rings is 1. The van der Waals surface area contributed by atoms with Crippen molar-refractivity contribution < 1.29 is 14.6 Å². The summed E-state index contributed by atoms with van der Waals surface area (Å²) in [4.78, 5) is 14.5. The molecule has 1 N–H and O–H groups in total. The smallest absolute Gasteiger partial charge is 0.256 e. The fraction of sp³-hybridized carbons (Fsp3) is 0.400. The van der Waals surface area contributed by atoms with Crippen LogP contribution in [0.3, 0.4) is 0 Å². The second-order valence-corrected chi connectivity index (χ2v) is 5.08. The first kappa shape index (κ1) is 13.1. The predicted octanol–water partition coefficient (Wildman–Crippen LogP) is 1.01. The third kappa shape index (κ3) is 2.09. The average Bonchev–Trinajstić information content (AvgIpc) is 2.88. The summed E-state index contributed by atoms with van der Waals surface area (Å²) in [6.07, 6.45) is 1.95. The Hall–Kier alpha value is -1.85. The topological polar surface area (TPSA) is 54.7 Å². The van der Waals surface area contributed by atoms with Gasteiger partial charge in [-0.15, -0.1) is 0 Å². The molecule has 1 aromatic heterocycles. The molecule has 0 bridgehead atoms. The van der Waals surface area contributed by atoms with Crippen LogP contribution in [0.25, 0.3) is 10.9 Å². The number of para-hydroxylation sites is 1. The predicted molar refractivity (Wildman–Crippen MR) is 75.6 cm³/mol. The molecule has 5 heteroatoms. The third-order valence-electron chi connectivity index (χ3n) is 3.83. The molecule has 1 atom stereocenters. The largest absolute Gasteiger partial charge is 0.394 e. The van der Waals surface area contributed by atoms with E-state index in [1.807, 2.05) is 42.1 Å². The van der Waals surface area contributed by atoms with Crippen LogP contribution < -0.4 is 0 Å². The first-order valence-corrected chi connectivity index (χ1v) is 6.76. The number of aromatic nitrogens is 1. The lowest BCUT2D eigenvalue weighted by molar-refractivity contribution is -0.0183. The Balaban J connectivity index is 2.01. The number of carbonyl (C=O) groups excluding carboxylic acids is 1. The normalized spacial score (nSPS) is 19.5. The van der Waals surface area contributed by atoms with E-state index in [-0.39, 0.29) is 18.6 Å². The van der Waals surface area contributed by atoms with Gasteiger partial charge >= 0.3 is 0 Å². The SMILES string of the molecule is Cn1ccc2cccc(C(=O)N3CCOCC3CO)c21. The average molecular weight is 274 g/mol. The van der Waals surface area contributed by atoms with Gasteiger partial charge in [-0.05, 0) is 12.1 Å². The van der Waals surface area contributed by atoms with Gasteiger partial charge in [0.2, 0.25) is 0 Å². The first-order valence-electron chi connectivity index (χ1n) is 6.76. The maximum atomic E-state index is 12.8. The van der Waals surface area contributed by atoms with E-state index in [1.165, 1.54) is 0 Å².